The number of benzene rings is 2. The predicted octanol–water partition coefficient (Wildman–Crippen LogP) is 4.68. The van der Waals surface area contributed by atoms with E-state index in [0.717, 1.165) is 5.56 Å². The topological polar surface area (TPSA) is 52.6 Å². The van der Waals surface area contributed by atoms with Crippen molar-refractivity contribution in [1.29, 1.82) is 0 Å². The number of carbonyl (C=O) groups excluding carboxylic acids is 2. The molecule has 0 saturated heterocycles. The van der Waals surface area contributed by atoms with Crippen LogP contribution in [0, 0.1) is 11.7 Å². The van der Waals surface area contributed by atoms with E-state index < -0.39 is 30.0 Å². The van der Waals surface area contributed by atoms with E-state index in [-0.39, 0.29) is 5.92 Å². The van der Waals surface area contributed by atoms with Gasteiger partial charge < -0.3 is 9.47 Å². The van der Waals surface area contributed by atoms with E-state index in [4.69, 9.17) is 9.47 Å². The van der Waals surface area contributed by atoms with Crippen molar-refractivity contribution in [3.8, 4) is 11.1 Å². The molecule has 2 rings (SSSR count). The molecule has 0 aliphatic rings. The minimum absolute atomic E-state index is 0.312. The summed E-state index contributed by atoms with van der Waals surface area (Å²) in [7, 11) is 0. The summed E-state index contributed by atoms with van der Waals surface area (Å²) in [5.74, 6) is -2.44. The zero-order valence-electron chi connectivity index (χ0n) is 15.4. The Bertz CT molecular complexity index is 771. The summed E-state index contributed by atoms with van der Waals surface area (Å²) in [5, 5.41) is 0. The molecule has 0 heterocycles. The molecule has 26 heavy (non-hydrogen) atoms. The molecule has 0 radical (unpaired) electrons. The van der Waals surface area contributed by atoms with Crippen LogP contribution in [0.15, 0.2) is 48.5 Å². The predicted molar refractivity (Wildman–Crippen MR) is 96.7 cm³/mol. The highest BCUT2D eigenvalue weighted by molar-refractivity contribution is 5.78. The second-order valence-electron chi connectivity index (χ2n) is 6.42. The second kappa shape index (κ2) is 8.61. The highest BCUT2D eigenvalue weighted by Crippen LogP contribution is 2.27. The molecule has 0 aliphatic heterocycles. The van der Waals surface area contributed by atoms with E-state index in [1.54, 1.807) is 32.9 Å². The first-order valence-electron chi connectivity index (χ1n) is 8.55. The summed E-state index contributed by atoms with van der Waals surface area (Å²) >= 11 is 0. The zero-order chi connectivity index (χ0) is 19.3. The van der Waals surface area contributed by atoms with Gasteiger partial charge in [0.15, 0.2) is 0 Å². The first-order chi connectivity index (χ1) is 12.3. The van der Waals surface area contributed by atoms with Gasteiger partial charge in [0, 0.05) is 12.5 Å². The summed E-state index contributed by atoms with van der Waals surface area (Å²) in [6, 6.07) is 13.8. The fourth-order valence-electron chi connectivity index (χ4n) is 2.38. The van der Waals surface area contributed by atoms with E-state index in [1.807, 2.05) is 30.3 Å². The van der Waals surface area contributed by atoms with Crippen LogP contribution < -0.4 is 0 Å². The van der Waals surface area contributed by atoms with E-state index in [9.17, 15) is 14.0 Å². The number of hydrogen-bond donors (Lipinski definition) is 0. The van der Waals surface area contributed by atoms with Crippen LogP contribution in [0.1, 0.15) is 39.2 Å². The highest BCUT2D eigenvalue weighted by atomic mass is 19.1. The van der Waals surface area contributed by atoms with Crippen molar-refractivity contribution in [3.63, 3.8) is 0 Å². The third kappa shape index (κ3) is 4.91. The first kappa shape index (κ1) is 19.6. The Balaban J connectivity index is 2.07. The standard InChI is InChI=1S/C21H23FO4/c1-13(2)20(23)25-15(4)26-21(24)14(3)17-10-11-18(19(22)12-17)16-8-6-5-7-9-16/h5-15H,1-4H3. The fourth-order valence-corrected chi connectivity index (χ4v) is 2.38. The Kier molecular flexibility index (Phi) is 6.50. The van der Waals surface area contributed by atoms with Crippen molar-refractivity contribution in [2.75, 3.05) is 0 Å². The van der Waals surface area contributed by atoms with Gasteiger partial charge >= 0.3 is 11.9 Å². The maximum Gasteiger partial charge on any atom is 0.316 e. The quantitative estimate of drug-likeness (QED) is 0.555. The van der Waals surface area contributed by atoms with Gasteiger partial charge in [-0.3, -0.25) is 9.59 Å². The van der Waals surface area contributed by atoms with Crippen LogP contribution in [0.3, 0.4) is 0 Å². The van der Waals surface area contributed by atoms with Gasteiger partial charge in [0.2, 0.25) is 6.29 Å². The molecular weight excluding hydrogens is 335 g/mol. The molecule has 0 N–H and O–H groups in total. The van der Waals surface area contributed by atoms with Crippen molar-refractivity contribution in [2.24, 2.45) is 5.92 Å². The Labute approximate surface area is 152 Å². The molecule has 2 aromatic rings. The number of halogens is 1. The fraction of sp³-hybridized carbons (Fsp3) is 0.333. The first-order valence-corrected chi connectivity index (χ1v) is 8.55. The van der Waals surface area contributed by atoms with Crippen LogP contribution in [0.4, 0.5) is 4.39 Å². The van der Waals surface area contributed by atoms with E-state index in [0.29, 0.717) is 11.1 Å². The minimum atomic E-state index is -0.992. The Hall–Kier alpha value is -2.69. The molecular formula is C21H23FO4. The lowest BCUT2D eigenvalue weighted by Gasteiger charge is -2.18. The maximum absolute atomic E-state index is 14.5. The van der Waals surface area contributed by atoms with Crippen molar-refractivity contribution in [2.45, 2.75) is 39.9 Å². The average molecular weight is 358 g/mol. The lowest BCUT2D eigenvalue weighted by atomic mass is 9.97. The Morgan fingerprint density at radius 2 is 1.50 bits per heavy atom. The molecule has 2 unspecified atom stereocenters. The van der Waals surface area contributed by atoms with E-state index in [2.05, 4.69) is 0 Å². The third-order valence-electron chi connectivity index (χ3n) is 3.97. The third-order valence-corrected chi connectivity index (χ3v) is 3.97. The Morgan fingerprint density at radius 3 is 2.08 bits per heavy atom. The monoisotopic (exact) mass is 358 g/mol. The number of esters is 2. The largest absolute Gasteiger partial charge is 0.425 e. The summed E-state index contributed by atoms with van der Waals surface area (Å²) < 4.78 is 24.6. The van der Waals surface area contributed by atoms with E-state index >= 15 is 0 Å². The molecule has 0 spiro atoms. The molecule has 0 aromatic heterocycles. The summed E-state index contributed by atoms with van der Waals surface area (Å²) in [6.45, 7) is 6.48. The number of hydrogen-bond acceptors (Lipinski definition) is 4. The van der Waals surface area contributed by atoms with Gasteiger partial charge in [-0.1, -0.05) is 56.3 Å². The van der Waals surface area contributed by atoms with Gasteiger partial charge in [-0.15, -0.1) is 0 Å². The molecule has 5 heteroatoms. The number of rotatable bonds is 6. The highest BCUT2D eigenvalue weighted by Gasteiger charge is 2.23. The van der Waals surface area contributed by atoms with Gasteiger partial charge in [0.1, 0.15) is 5.82 Å². The van der Waals surface area contributed by atoms with Gasteiger partial charge in [0.05, 0.1) is 11.8 Å². The molecule has 138 valence electrons. The Morgan fingerprint density at radius 1 is 0.885 bits per heavy atom. The van der Waals surface area contributed by atoms with Crippen LogP contribution in [0.25, 0.3) is 11.1 Å². The van der Waals surface area contributed by atoms with Crippen molar-refractivity contribution >= 4 is 11.9 Å². The normalized spacial score (nSPS) is 13.2. The molecule has 0 fully saturated rings. The summed E-state index contributed by atoms with van der Waals surface area (Å²) in [5.41, 5.74) is 1.73. The van der Waals surface area contributed by atoms with Gasteiger partial charge in [0.25, 0.3) is 0 Å². The second-order valence-corrected chi connectivity index (χ2v) is 6.42. The van der Waals surface area contributed by atoms with E-state index in [1.165, 1.54) is 13.0 Å². The summed E-state index contributed by atoms with van der Waals surface area (Å²) in [6.07, 6.45) is -0.992. The van der Waals surface area contributed by atoms with Gasteiger partial charge in [-0.2, -0.15) is 0 Å². The van der Waals surface area contributed by atoms with Crippen LogP contribution in [-0.4, -0.2) is 18.2 Å². The molecule has 2 aromatic carbocycles. The molecule has 0 bridgehead atoms. The lowest BCUT2D eigenvalue weighted by Crippen LogP contribution is -2.26. The molecule has 0 saturated carbocycles. The van der Waals surface area contributed by atoms with Crippen molar-refractivity contribution < 1.29 is 23.5 Å². The van der Waals surface area contributed by atoms with Crippen LogP contribution in [-0.2, 0) is 19.1 Å². The van der Waals surface area contributed by atoms with Crippen LogP contribution in [0.5, 0.6) is 0 Å². The number of ether oxygens (including phenoxy) is 2. The SMILES string of the molecule is CC(OC(=O)C(C)C)OC(=O)C(C)c1ccc(-c2ccccc2)c(F)c1. The van der Waals surface area contributed by atoms with Crippen molar-refractivity contribution in [3.05, 3.63) is 59.9 Å². The number of carbonyl (C=O) groups is 2. The summed E-state index contributed by atoms with van der Waals surface area (Å²) in [4.78, 5) is 23.8. The molecule has 0 aliphatic carbocycles. The molecule has 4 nitrogen and oxygen atoms in total. The minimum Gasteiger partial charge on any atom is -0.425 e. The molecule has 2 atom stereocenters. The van der Waals surface area contributed by atoms with Gasteiger partial charge in [-0.25, -0.2) is 4.39 Å². The average Bonchev–Trinajstić information content (AvgIpc) is 2.61. The lowest BCUT2D eigenvalue weighted by molar-refractivity contribution is -0.187. The van der Waals surface area contributed by atoms with Gasteiger partial charge in [-0.05, 0) is 24.1 Å². The van der Waals surface area contributed by atoms with Crippen LogP contribution >= 0.6 is 0 Å². The van der Waals surface area contributed by atoms with Crippen LogP contribution in [0.2, 0.25) is 0 Å². The maximum atomic E-state index is 14.5. The smallest absolute Gasteiger partial charge is 0.316 e. The van der Waals surface area contributed by atoms with Crippen molar-refractivity contribution in [1.82, 2.24) is 0 Å². The zero-order valence-corrected chi connectivity index (χ0v) is 15.4. The molecule has 0 amide bonds.